The van der Waals surface area contributed by atoms with Crippen molar-refractivity contribution in [3.8, 4) is 28.1 Å². The van der Waals surface area contributed by atoms with Crippen molar-refractivity contribution in [3.63, 3.8) is 0 Å². The quantitative estimate of drug-likeness (QED) is 0.224. The van der Waals surface area contributed by atoms with Crippen LogP contribution in [-0.4, -0.2) is 20.6 Å². The highest BCUT2D eigenvalue weighted by atomic mass is 35.5. The van der Waals surface area contributed by atoms with Gasteiger partial charge in [-0.15, -0.1) is 0 Å². The molecule has 0 saturated heterocycles. The van der Waals surface area contributed by atoms with Crippen LogP contribution in [0.25, 0.3) is 32.5 Å². The Bertz CT molecular complexity index is 1550. The number of carbonyl (C=O) groups is 1. The van der Waals surface area contributed by atoms with E-state index in [4.69, 9.17) is 32.5 Å². The molecule has 1 N–H and O–H groups in total. The van der Waals surface area contributed by atoms with Gasteiger partial charge in [0.2, 0.25) is 0 Å². The molecule has 3 aromatic carbocycles. The van der Waals surface area contributed by atoms with E-state index in [0.29, 0.717) is 32.4 Å². The van der Waals surface area contributed by atoms with Crippen molar-refractivity contribution in [1.82, 2.24) is 9.53 Å². The average Bonchev–Trinajstić information content (AvgIpc) is 3.47. The van der Waals surface area contributed by atoms with Gasteiger partial charge in [0.15, 0.2) is 5.69 Å². The fourth-order valence-electron chi connectivity index (χ4n) is 4.01. The molecule has 0 radical (unpaired) electrons. The van der Waals surface area contributed by atoms with Crippen molar-refractivity contribution in [2.45, 2.75) is 26.4 Å². The van der Waals surface area contributed by atoms with E-state index in [2.05, 4.69) is 9.53 Å². The highest BCUT2D eigenvalue weighted by Gasteiger charge is 2.24. The number of ether oxygens (including phenoxy) is 1. The maximum atomic E-state index is 11.3. The van der Waals surface area contributed by atoms with E-state index >= 15 is 0 Å². The second-order valence-electron chi connectivity index (χ2n) is 8.49. The summed E-state index contributed by atoms with van der Waals surface area (Å²) < 4.78 is 16.6. The molecular weight excluding hydrogens is 519 g/mol. The Morgan fingerprint density at radius 1 is 1.06 bits per heavy atom. The number of aromatic nitrogens is 2. The molecule has 6 nitrogen and oxygen atoms in total. The number of nitrogens with zero attached hydrogens (tertiary/aromatic N) is 2. The molecule has 36 heavy (non-hydrogen) atoms. The van der Waals surface area contributed by atoms with Crippen LogP contribution in [0.4, 0.5) is 0 Å². The molecule has 5 aromatic rings. The van der Waals surface area contributed by atoms with Crippen LogP contribution in [0, 0.1) is 0 Å². The topological polar surface area (TPSA) is 85.5 Å². The minimum absolute atomic E-state index is 0.0808. The highest BCUT2D eigenvalue weighted by molar-refractivity contribution is 7.13. The van der Waals surface area contributed by atoms with Gasteiger partial charge >= 0.3 is 5.97 Å². The SMILES string of the molecule is CC(C)c1onc(-c2c(Cl)cccc2Cl)c1COc1ccc(-c2ccc3c(C(=O)O)nsc3c2)cc1. The molecule has 2 aromatic heterocycles. The first-order valence-electron chi connectivity index (χ1n) is 11.1. The monoisotopic (exact) mass is 538 g/mol. The number of halogens is 2. The van der Waals surface area contributed by atoms with Gasteiger partial charge in [0.1, 0.15) is 23.8 Å². The molecule has 0 saturated carbocycles. The number of carboxylic acid groups (broad SMARTS) is 1. The fraction of sp³-hybridized carbons (Fsp3) is 0.148. The summed E-state index contributed by atoms with van der Waals surface area (Å²) >= 11 is 14.0. The Hall–Kier alpha value is -3.39. The number of fused-ring (bicyclic) bond motifs is 1. The van der Waals surface area contributed by atoms with E-state index in [1.54, 1.807) is 24.3 Å². The van der Waals surface area contributed by atoms with Crippen LogP contribution in [0.5, 0.6) is 5.75 Å². The number of carboxylic acids is 1. The summed E-state index contributed by atoms with van der Waals surface area (Å²) in [5.41, 5.74) is 4.02. The number of rotatable bonds is 7. The van der Waals surface area contributed by atoms with Crippen LogP contribution >= 0.6 is 34.7 Å². The predicted molar refractivity (Wildman–Crippen MR) is 142 cm³/mol. The third-order valence-electron chi connectivity index (χ3n) is 5.79. The van der Waals surface area contributed by atoms with E-state index in [-0.39, 0.29) is 18.2 Å². The van der Waals surface area contributed by atoms with Gasteiger partial charge in [0.25, 0.3) is 0 Å². The first-order valence-corrected chi connectivity index (χ1v) is 12.6. The summed E-state index contributed by atoms with van der Waals surface area (Å²) in [7, 11) is 0. The van der Waals surface area contributed by atoms with Crippen molar-refractivity contribution in [2.24, 2.45) is 0 Å². The lowest BCUT2D eigenvalue weighted by molar-refractivity contribution is 0.0694. The van der Waals surface area contributed by atoms with E-state index in [1.165, 1.54) is 11.5 Å². The molecule has 9 heteroatoms. The van der Waals surface area contributed by atoms with Gasteiger partial charge in [0.05, 0.1) is 20.3 Å². The standard InChI is InChI=1S/C27H20Cl2N2O4S/c1-14(2)26-19(24(30-35-26)23-20(28)4-3-5-21(23)29)13-34-17-9-6-15(7-10-17)16-8-11-18-22(12-16)36-31-25(18)27(32)33/h3-12,14H,13H2,1-2H3,(H,32,33). The summed E-state index contributed by atoms with van der Waals surface area (Å²) in [6, 6.07) is 18.6. The Labute approximate surface area is 221 Å². The zero-order valence-electron chi connectivity index (χ0n) is 19.3. The zero-order chi connectivity index (χ0) is 25.4. The third-order valence-corrected chi connectivity index (χ3v) is 7.23. The smallest absolute Gasteiger partial charge is 0.356 e. The van der Waals surface area contributed by atoms with Gasteiger partial charge in [-0.3, -0.25) is 0 Å². The van der Waals surface area contributed by atoms with Gasteiger partial charge in [-0.25, -0.2) is 4.79 Å². The molecule has 0 fully saturated rings. The Kier molecular flexibility index (Phi) is 6.71. The Morgan fingerprint density at radius 3 is 2.42 bits per heavy atom. The predicted octanol–water partition coefficient (Wildman–Crippen LogP) is 8.33. The maximum absolute atomic E-state index is 11.3. The van der Waals surface area contributed by atoms with Crippen LogP contribution in [0.1, 0.15) is 41.6 Å². The number of aromatic carboxylic acids is 1. The normalized spacial score (nSPS) is 11.4. The van der Waals surface area contributed by atoms with Gasteiger partial charge in [0, 0.05) is 16.9 Å². The van der Waals surface area contributed by atoms with Gasteiger partial charge in [-0.2, -0.15) is 4.37 Å². The first kappa shape index (κ1) is 24.3. The van der Waals surface area contributed by atoms with Crippen molar-refractivity contribution >= 4 is 50.8 Å². The maximum Gasteiger partial charge on any atom is 0.356 e. The molecule has 182 valence electrons. The van der Waals surface area contributed by atoms with E-state index in [0.717, 1.165) is 27.2 Å². The van der Waals surface area contributed by atoms with E-state index < -0.39 is 5.97 Å². The molecule has 0 aliphatic carbocycles. The average molecular weight is 539 g/mol. The van der Waals surface area contributed by atoms with Crippen LogP contribution in [-0.2, 0) is 6.61 Å². The zero-order valence-corrected chi connectivity index (χ0v) is 21.6. The van der Waals surface area contributed by atoms with Crippen molar-refractivity contribution in [2.75, 3.05) is 0 Å². The molecule has 0 unspecified atom stereocenters. The van der Waals surface area contributed by atoms with Crippen LogP contribution < -0.4 is 4.74 Å². The minimum atomic E-state index is -1.02. The Balaban J connectivity index is 1.39. The first-order chi connectivity index (χ1) is 17.3. The summed E-state index contributed by atoms with van der Waals surface area (Å²) in [6.45, 7) is 4.28. The highest BCUT2D eigenvalue weighted by Crippen LogP contribution is 2.39. The summed E-state index contributed by atoms with van der Waals surface area (Å²) in [4.78, 5) is 11.3. The summed E-state index contributed by atoms with van der Waals surface area (Å²) in [5.74, 6) is 0.467. The van der Waals surface area contributed by atoms with Crippen LogP contribution in [0.2, 0.25) is 10.0 Å². The number of hydrogen-bond acceptors (Lipinski definition) is 6. The van der Waals surface area contributed by atoms with Gasteiger partial charge < -0.3 is 14.4 Å². The molecule has 0 aliphatic rings. The van der Waals surface area contributed by atoms with Crippen molar-refractivity contribution < 1.29 is 19.2 Å². The van der Waals surface area contributed by atoms with Crippen molar-refractivity contribution in [1.29, 1.82) is 0 Å². The molecule has 0 spiro atoms. The number of hydrogen-bond donors (Lipinski definition) is 1. The van der Waals surface area contributed by atoms with Crippen LogP contribution in [0.3, 0.4) is 0 Å². The molecule has 0 atom stereocenters. The second kappa shape index (κ2) is 9.93. The minimum Gasteiger partial charge on any atom is -0.489 e. The fourth-order valence-corrected chi connectivity index (χ4v) is 5.39. The lowest BCUT2D eigenvalue weighted by atomic mass is 10.0. The molecule has 0 bridgehead atoms. The molecule has 5 rings (SSSR count). The van der Waals surface area contributed by atoms with Crippen LogP contribution in [0.15, 0.2) is 65.2 Å². The largest absolute Gasteiger partial charge is 0.489 e. The van der Waals surface area contributed by atoms with Crippen molar-refractivity contribution in [3.05, 3.63) is 87.7 Å². The molecule has 0 aliphatic heterocycles. The van der Waals surface area contributed by atoms with Gasteiger partial charge in [-0.05, 0) is 53.0 Å². The second-order valence-corrected chi connectivity index (χ2v) is 10.1. The molecule has 2 heterocycles. The van der Waals surface area contributed by atoms with Gasteiger partial charge in [-0.1, -0.05) is 72.5 Å². The lowest BCUT2D eigenvalue weighted by Crippen LogP contribution is -2.01. The summed E-state index contributed by atoms with van der Waals surface area (Å²) in [5, 5.41) is 15.2. The molecular formula is C27H20Cl2N2O4S. The Morgan fingerprint density at radius 2 is 1.75 bits per heavy atom. The lowest BCUT2D eigenvalue weighted by Gasteiger charge is -2.11. The van der Waals surface area contributed by atoms with E-state index in [1.807, 2.05) is 50.2 Å². The summed E-state index contributed by atoms with van der Waals surface area (Å²) in [6.07, 6.45) is 0. The molecule has 0 amide bonds. The third kappa shape index (κ3) is 4.57. The number of benzene rings is 3. The van der Waals surface area contributed by atoms with E-state index in [9.17, 15) is 9.90 Å².